The summed E-state index contributed by atoms with van der Waals surface area (Å²) >= 11 is -0.826. The first kappa shape index (κ1) is 17.0. The summed E-state index contributed by atoms with van der Waals surface area (Å²) in [6.07, 6.45) is 1.79. The predicted octanol–water partition coefficient (Wildman–Crippen LogP) is 4.06. The van der Waals surface area contributed by atoms with Gasteiger partial charge in [-0.1, -0.05) is 5.56 Å². The van der Waals surface area contributed by atoms with Crippen LogP contribution in [0.15, 0.2) is 17.1 Å². The minimum absolute atomic E-state index is 0.826. The van der Waals surface area contributed by atoms with Gasteiger partial charge in [-0.25, -0.2) is 0 Å². The van der Waals surface area contributed by atoms with Gasteiger partial charge in [-0.05, 0) is 24.6 Å². The van der Waals surface area contributed by atoms with Gasteiger partial charge in [0.1, 0.15) is 5.75 Å². The molecule has 0 amide bonds. The third-order valence-electron chi connectivity index (χ3n) is 2.03. The molecule has 0 N–H and O–H groups in total. The van der Waals surface area contributed by atoms with Gasteiger partial charge in [0.15, 0.2) is 0 Å². The number of hydrogen-bond donors (Lipinski definition) is 0. The number of aliphatic imine (C=N–C) groups is 1. The van der Waals surface area contributed by atoms with Crippen molar-refractivity contribution in [3.8, 4) is 5.75 Å². The van der Waals surface area contributed by atoms with E-state index in [1.807, 2.05) is 19.1 Å². The second-order valence-electron chi connectivity index (χ2n) is 3.06. The van der Waals surface area contributed by atoms with Crippen LogP contribution in [0.3, 0.4) is 0 Å². The Kier molecular flexibility index (Phi) is 9.90. The summed E-state index contributed by atoms with van der Waals surface area (Å²) in [4.78, 5) is 3.99. The number of hydrogen-bond acceptors (Lipinski definition) is 2. The first-order chi connectivity index (χ1) is 8.14. The van der Waals surface area contributed by atoms with Gasteiger partial charge in [-0.2, -0.15) is 0 Å². The maximum atomic E-state index is 5.18. The molecule has 17 heavy (non-hydrogen) atoms. The zero-order valence-corrected chi connectivity index (χ0v) is 14.3. The zero-order chi connectivity index (χ0) is 13.3. The molecule has 0 heterocycles. The van der Waals surface area contributed by atoms with Gasteiger partial charge in [0, 0.05) is 13.3 Å². The molecule has 0 atom stereocenters. The van der Waals surface area contributed by atoms with Gasteiger partial charge < -0.3 is 10.1 Å². The molecule has 0 radical (unpaired) electrons. The molecular weight excluding hydrogens is 338 g/mol. The van der Waals surface area contributed by atoms with Gasteiger partial charge in [0.05, 0.1) is 7.11 Å². The molecule has 0 aliphatic rings. The van der Waals surface area contributed by atoms with Crippen LogP contribution in [0.2, 0.25) is 0 Å². The summed E-state index contributed by atoms with van der Waals surface area (Å²) in [6, 6.07) is 3.90. The molecule has 0 saturated heterocycles. The molecule has 3 nitrogen and oxygen atoms in total. The Morgan fingerprint density at radius 1 is 1.41 bits per heavy atom. The number of halogens is 2. The van der Waals surface area contributed by atoms with Crippen LogP contribution in [0.25, 0.3) is 5.32 Å². The van der Waals surface area contributed by atoms with E-state index in [1.54, 1.807) is 27.4 Å². The van der Waals surface area contributed by atoms with E-state index in [9.17, 15) is 0 Å². The van der Waals surface area contributed by atoms with Crippen molar-refractivity contribution in [2.45, 2.75) is 6.92 Å². The standard InChI is InChI=1S/C11H15N2O.2ClH.Zr/c1-8-5-10(14-4)6-9(7-12-2)11(8)13-3;;;/h5-7H,1-4H3;2*1H;/q-1;;;+2/p-2. The van der Waals surface area contributed by atoms with Crippen molar-refractivity contribution >= 4 is 28.9 Å². The molecule has 94 valence electrons. The number of nitrogens with zero attached hydrogens (tertiary/aromatic N) is 2. The van der Waals surface area contributed by atoms with Crippen molar-refractivity contribution in [1.82, 2.24) is 0 Å². The Morgan fingerprint density at radius 2 is 2.00 bits per heavy atom. The average Bonchev–Trinajstić information content (AvgIpc) is 2.30. The van der Waals surface area contributed by atoms with E-state index in [2.05, 4.69) is 10.3 Å². The zero-order valence-electron chi connectivity index (χ0n) is 10.3. The minimum atomic E-state index is -0.826. The van der Waals surface area contributed by atoms with E-state index < -0.39 is 20.8 Å². The van der Waals surface area contributed by atoms with Gasteiger partial charge in [-0.15, -0.1) is 12.7 Å². The van der Waals surface area contributed by atoms with E-state index in [4.69, 9.17) is 21.8 Å². The average molecular weight is 353 g/mol. The Bertz CT molecular complexity index is 373. The van der Waals surface area contributed by atoms with Crippen LogP contribution >= 0.6 is 17.0 Å². The summed E-state index contributed by atoms with van der Waals surface area (Å²) in [5.74, 6) is 0.838. The Balaban J connectivity index is 0.000000770. The second kappa shape index (κ2) is 9.93. The first-order valence-electron chi connectivity index (χ1n) is 4.81. The summed E-state index contributed by atoms with van der Waals surface area (Å²) in [5, 5.41) is 4.22. The van der Waals surface area contributed by atoms with Crippen molar-refractivity contribution in [2.24, 2.45) is 4.99 Å². The molecule has 0 bridgehead atoms. The summed E-state index contributed by atoms with van der Waals surface area (Å²) < 4.78 is 5.18. The Labute approximate surface area is 121 Å². The van der Waals surface area contributed by atoms with Crippen LogP contribution in [-0.4, -0.2) is 27.4 Å². The Hall–Kier alpha value is -0.0469. The van der Waals surface area contributed by atoms with E-state index in [1.165, 1.54) is 0 Å². The molecule has 1 aromatic carbocycles. The molecule has 0 fully saturated rings. The number of rotatable bonds is 3. The molecule has 6 heteroatoms. The van der Waals surface area contributed by atoms with Gasteiger partial charge in [-0.3, -0.25) is 4.99 Å². The molecule has 0 unspecified atom stereocenters. The number of aryl methyl sites for hydroxylation is 1. The first-order valence-corrected chi connectivity index (χ1v) is 11.1. The third-order valence-corrected chi connectivity index (χ3v) is 2.03. The van der Waals surface area contributed by atoms with Crippen LogP contribution in [0.4, 0.5) is 5.69 Å². The topological polar surface area (TPSA) is 35.7 Å². The van der Waals surface area contributed by atoms with E-state index in [0.717, 1.165) is 22.6 Å². The van der Waals surface area contributed by atoms with Crippen LogP contribution in [0.5, 0.6) is 5.75 Å². The summed E-state index contributed by atoms with van der Waals surface area (Å²) in [5.41, 5.74) is 3.06. The van der Waals surface area contributed by atoms with Crippen LogP contribution < -0.4 is 4.74 Å². The van der Waals surface area contributed by atoms with E-state index in [0.29, 0.717) is 0 Å². The molecule has 0 saturated carbocycles. The third kappa shape index (κ3) is 5.90. The molecule has 0 aliphatic heterocycles. The van der Waals surface area contributed by atoms with Gasteiger partial charge in [0.2, 0.25) is 0 Å². The number of ether oxygens (including phenoxy) is 1. The fourth-order valence-electron chi connectivity index (χ4n) is 1.43. The second-order valence-corrected chi connectivity index (χ2v) is 6.80. The number of methoxy groups -OCH3 is 1. The quantitative estimate of drug-likeness (QED) is 0.755. The SMILES string of the molecule is CN=Cc1cc(OC)cc(C)c1[N-]C.[Cl][Zr][Cl]. The van der Waals surface area contributed by atoms with Gasteiger partial charge in [0.25, 0.3) is 0 Å². The maximum absolute atomic E-state index is 5.18. The fourth-order valence-corrected chi connectivity index (χ4v) is 1.43. The van der Waals surface area contributed by atoms with Crippen LogP contribution in [0, 0.1) is 6.92 Å². The van der Waals surface area contributed by atoms with E-state index in [-0.39, 0.29) is 0 Å². The van der Waals surface area contributed by atoms with Crippen molar-refractivity contribution in [3.05, 3.63) is 28.6 Å². The molecule has 1 aromatic rings. The molecule has 0 aliphatic carbocycles. The molecule has 1 rings (SSSR count). The summed E-state index contributed by atoms with van der Waals surface area (Å²) in [6.45, 7) is 2.01. The molecule has 0 spiro atoms. The van der Waals surface area contributed by atoms with Gasteiger partial charge >= 0.3 is 37.9 Å². The number of benzene rings is 1. The van der Waals surface area contributed by atoms with E-state index >= 15 is 0 Å². The predicted molar refractivity (Wildman–Crippen MR) is 71.9 cm³/mol. The molecular formula is C11H15Cl2N2OZr-. The summed E-state index contributed by atoms with van der Waals surface area (Å²) in [7, 11) is 15.0. The van der Waals surface area contributed by atoms with Crippen LogP contribution in [-0.2, 0) is 20.8 Å². The molecule has 0 aromatic heterocycles. The Morgan fingerprint density at radius 3 is 2.41 bits per heavy atom. The van der Waals surface area contributed by atoms with Crippen LogP contribution in [0.1, 0.15) is 11.1 Å². The fraction of sp³-hybridized carbons (Fsp3) is 0.364. The normalized spacial score (nSPS) is 9.53. The van der Waals surface area contributed by atoms with Crippen molar-refractivity contribution in [1.29, 1.82) is 0 Å². The monoisotopic (exact) mass is 351 g/mol. The van der Waals surface area contributed by atoms with Crippen molar-refractivity contribution in [2.75, 3.05) is 21.2 Å². The van der Waals surface area contributed by atoms with Crippen molar-refractivity contribution in [3.63, 3.8) is 0 Å². The van der Waals surface area contributed by atoms with Crippen molar-refractivity contribution < 1.29 is 25.6 Å².